The molecule has 1 aromatic carbocycles. The molecule has 0 spiro atoms. The number of para-hydroxylation sites is 1. The Morgan fingerprint density at radius 3 is 2.53 bits per heavy atom. The third kappa shape index (κ3) is 6.42. The second-order valence-electron chi connectivity index (χ2n) is 8.69. The lowest BCUT2D eigenvalue weighted by atomic mass is 10.1. The van der Waals surface area contributed by atoms with E-state index in [1.54, 1.807) is 47.1 Å². The van der Waals surface area contributed by atoms with Crippen LogP contribution in [0.15, 0.2) is 36.7 Å². The summed E-state index contributed by atoms with van der Waals surface area (Å²) >= 11 is 6.09. The number of hydrogen-bond acceptors (Lipinski definition) is 8. The molecule has 0 fully saturated rings. The molecule has 2 amide bonds. The zero-order valence-corrected chi connectivity index (χ0v) is 21.9. The highest BCUT2D eigenvalue weighted by atomic mass is 35.5. The van der Waals surface area contributed by atoms with E-state index in [0.29, 0.717) is 11.4 Å². The lowest BCUT2D eigenvalue weighted by molar-refractivity contribution is 0.0145. The van der Waals surface area contributed by atoms with Crippen LogP contribution in [-0.4, -0.2) is 56.2 Å². The second kappa shape index (κ2) is 11.3. The molecular formula is C24H30ClN7O4. The van der Waals surface area contributed by atoms with Crippen LogP contribution in [0.25, 0.3) is 11.1 Å². The van der Waals surface area contributed by atoms with Crippen LogP contribution in [0.1, 0.15) is 45.1 Å². The van der Waals surface area contributed by atoms with Crippen LogP contribution < -0.4 is 15.5 Å². The fraction of sp³-hybridized carbons (Fsp3) is 0.375. The van der Waals surface area contributed by atoms with Crippen molar-refractivity contribution in [3.8, 4) is 16.9 Å². The summed E-state index contributed by atoms with van der Waals surface area (Å²) in [6.45, 7) is 9.82. The fourth-order valence-electron chi connectivity index (χ4n) is 3.28. The number of nitrogens with one attached hydrogen (secondary N) is 2. The van der Waals surface area contributed by atoms with Crippen LogP contribution in [0.4, 0.5) is 16.2 Å². The molecule has 3 aromatic rings. The summed E-state index contributed by atoms with van der Waals surface area (Å²) in [5.41, 5.74) is 4.24. The first-order valence-corrected chi connectivity index (χ1v) is 11.8. The number of aromatic nitrogens is 4. The lowest BCUT2D eigenvalue weighted by Gasteiger charge is -2.26. The van der Waals surface area contributed by atoms with E-state index < -0.39 is 17.6 Å². The largest absolute Gasteiger partial charge is 0.494 e. The van der Waals surface area contributed by atoms with Crippen molar-refractivity contribution < 1.29 is 19.1 Å². The monoisotopic (exact) mass is 515 g/mol. The Kier molecular flexibility index (Phi) is 8.36. The van der Waals surface area contributed by atoms with Gasteiger partial charge < -0.3 is 14.8 Å². The molecule has 0 aliphatic rings. The van der Waals surface area contributed by atoms with Crippen LogP contribution in [0.2, 0.25) is 5.15 Å². The van der Waals surface area contributed by atoms with E-state index in [-0.39, 0.29) is 23.1 Å². The number of rotatable bonds is 7. The summed E-state index contributed by atoms with van der Waals surface area (Å²) in [6.07, 6.45) is 2.98. The van der Waals surface area contributed by atoms with E-state index in [4.69, 9.17) is 21.1 Å². The Morgan fingerprint density at radius 1 is 1.17 bits per heavy atom. The molecular weight excluding hydrogens is 486 g/mol. The van der Waals surface area contributed by atoms with Gasteiger partial charge in [0.25, 0.3) is 5.91 Å². The number of hydrogen-bond donors (Lipinski definition) is 2. The van der Waals surface area contributed by atoms with Crippen LogP contribution >= 0.6 is 11.6 Å². The van der Waals surface area contributed by atoms with E-state index in [0.717, 1.165) is 22.7 Å². The van der Waals surface area contributed by atoms with Gasteiger partial charge in [0.05, 0.1) is 24.7 Å². The van der Waals surface area contributed by atoms with Gasteiger partial charge in [-0.1, -0.05) is 23.7 Å². The Bertz CT molecular complexity index is 1240. The van der Waals surface area contributed by atoms with Gasteiger partial charge >= 0.3 is 6.09 Å². The van der Waals surface area contributed by atoms with E-state index in [1.807, 2.05) is 29.9 Å². The van der Waals surface area contributed by atoms with Gasteiger partial charge in [-0.15, -0.1) is 10.2 Å². The molecule has 0 aliphatic carbocycles. The third-order valence-electron chi connectivity index (χ3n) is 4.90. The van der Waals surface area contributed by atoms with Crippen LogP contribution in [0, 0.1) is 0 Å². The number of ether oxygens (including phenoxy) is 2. The highest BCUT2D eigenvalue weighted by molar-refractivity contribution is 6.29. The molecule has 0 saturated carbocycles. The minimum absolute atomic E-state index is 0.0762. The molecule has 11 nitrogen and oxygen atoms in total. The first-order chi connectivity index (χ1) is 17.1. The molecule has 2 heterocycles. The molecule has 2 N–H and O–H groups in total. The Balaban J connectivity index is 1.92. The van der Waals surface area contributed by atoms with Gasteiger partial charge in [-0.05, 0) is 40.7 Å². The first kappa shape index (κ1) is 26.7. The van der Waals surface area contributed by atoms with E-state index in [9.17, 15) is 9.59 Å². The molecule has 12 heteroatoms. The SMILES string of the molecule is CCN(NC(=O)c1nnc(Cl)cc1Nc1cccc(-c2cnn(CC)c2)c1OC)C(=O)OC(C)(C)C. The summed E-state index contributed by atoms with van der Waals surface area (Å²) in [6, 6.07) is 7.02. The van der Waals surface area contributed by atoms with Crippen LogP contribution in [0.3, 0.4) is 0 Å². The number of halogens is 1. The normalized spacial score (nSPS) is 11.1. The summed E-state index contributed by atoms with van der Waals surface area (Å²) in [5.74, 6) is -0.134. The quantitative estimate of drug-likeness (QED) is 0.435. The van der Waals surface area contributed by atoms with Gasteiger partial charge in [-0.2, -0.15) is 5.10 Å². The van der Waals surface area contributed by atoms with Gasteiger partial charge in [0.1, 0.15) is 11.4 Å². The van der Waals surface area contributed by atoms with Crippen molar-refractivity contribution >= 4 is 35.0 Å². The van der Waals surface area contributed by atoms with Gasteiger partial charge in [0, 0.05) is 36.5 Å². The van der Waals surface area contributed by atoms with E-state index in [2.05, 4.69) is 26.0 Å². The van der Waals surface area contributed by atoms with Crippen molar-refractivity contribution in [2.75, 3.05) is 19.0 Å². The molecule has 0 radical (unpaired) electrons. The molecule has 0 bridgehead atoms. The van der Waals surface area contributed by atoms with Crippen LogP contribution in [-0.2, 0) is 11.3 Å². The molecule has 192 valence electrons. The molecule has 3 rings (SSSR count). The maximum Gasteiger partial charge on any atom is 0.429 e. The van der Waals surface area contributed by atoms with Crippen molar-refractivity contribution in [2.24, 2.45) is 0 Å². The number of carbonyl (C=O) groups is 2. The topological polar surface area (TPSA) is 124 Å². The zero-order chi connectivity index (χ0) is 26.5. The van der Waals surface area contributed by atoms with E-state index in [1.165, 1.54) is 6.07 Å². The van der Waals surface area contributed by atoms with Gasteiger partial charge in [-0.3, -0.25) is 14.9 Å². The van der Waals surface area contributed by atoms with Crippen molar-refractivity contribution in [3.05, 3.63) is 47.5 Å². The molecule has 0 saturated heterocycles. The minimum Gasteiger partial charge on any atom is -0.494 e. The predicted molar refractivity (Wildman–Crippen MR) is 136 cm³/mol. The van der Waals surface area contributed by atoms with Crippen molar-refractivity contribution in [3.63, 3.8) is 0 Å². The minimum atomic E-state index is -0.725. The number of carbonyl (C=O) groups excluding carboxylic acids is 2. The lowest BCUT2D eigenvalue weighted by Crippen LogP contribution is -2.48. The van der Waals surface area contributed by atoms with Gasteiger partial charge in [0.2, 0.25) is 0 Å². The third-order valence-corrected chi connectivity index (χ3v) is 5.09. The number of methoxy groups -OCH3 is 1. The summed E-state index contributed by atoms with van der Waals surface area (Å²) in [5, 5.41) is 16.4. The zero-order valence-electron chi connectivity index (χ0n) is 21.1. The number of anilines is 2. The highest BCUT2D eigenvalue weighted by Crippen LogP contribution is 2.38. The van der Waals surface area contributed by atoms with Gasteiger partial charge in [-0.25, -0.2) is 9.80 Å². The molecule has 0 aliphatic heterocycles. The fourth-order valence-corrected chi connectivity index (χ4v) is 3.43. The maximum atomic E-state index is 13.1. The standard InChI is InChI=1S/C24H30ClN7O4/c1-7-31-14-15(13-26-31)16-10-9-11-17(21(16)35-6)27-18-12-19(25)28-29-20(18)22(33)30-32(8-2)23(34)36-24(3,4)5/h9-14H,7-8H2,1-6H3,(H,27,28)(H,30,33). The number of aryl methyl sites for hydroxylation is 1. The average Bonchev–Trinajstić information content (AvgIpc) is 3.30. The number of hydrazine groups is 1. The summed E-state index contributed by atoms with van der Waals surface area (Å²) < 4.78 is 12.9. The average molecular weight is 516 g/mol. The predicted octanol–water partition coefficient (Wildman–Crippen LogP) is 4.67. The molecule has 36 heavy (non-hydrogen) atoms. The van der Waals surface area contributed by atoms with Crippen molar-refractivity contribution in [1.82, 2.24) is 30.4 Å². The number of benzene rings is 1. The first-order valence-electron chi connectivity index (χ1n) is 11.4. The Morgan fingerprint density at radius 2 is 1.92 bits per heavy atom. The molecule has 0 atom stereocenters. The maximum absolute atomic E-state index is 13.1. The smallest absolute Gasteiger partial charge is 0.429 e. The van der Waals surface area contributed by atoms with Crippen molar-refractivity contribution in [1.29, 1.82) is 0 Å². The Hall–Kier alpha value is -3.86. The molecule has 0 unspecified atom stereocenters. The van der Waals surface area contributed by atoms with Crippen LogP contribution in [0.5, 0.6) is 5.75 Å². The number of nitrogens with zero attached hydrogens (tertiary/aromatic N) is 5. The highest BCUT2D eigenvalue weighted by Gasteiger charge is 2.25. The second-order valence-corrected chi connectivity index (χ2v) is 9.08. The Labute approximate surface area is 214 Å². The summed E-state index contributed by atoms with van der Waals surface area (Å²) in [7, 11) is 1.56. The number of amides is 2. The molecule has 2 aromatic heterocycles. The van der Waals surface area contributed by atoms with Gasteiger partial charge in [0.15, 0.2) is 10.8 Å². The summed E-state index contributed by atoms with van der Waals surface area (Å²) in [4.78, 5) is 25.6. The van der Waals surface area contributed by atoms with Crippen molar-refractivity contribution in [2.45, 2.75) is 46.8 Å². The van der Waals surface area contributed by atoms with E-state index >= 15 is 0 Å².